The highest BCUT2D eigenvalue weighted by Gasteiger charge is 2.36. The van der Waals surface area contributed by atoms with E-state index in [1.165, 1.54) is 6.08 Å². The molecule has 6 nitrogen and oxygen atoms in total. The van der Waals surface area contributed by atoms with E-state index in [9.17, 15) is 19.5 Å². The number of urea groups is 1. The summed E-state index contributed by atoms with van der Waals surface area (Å²) in [4.78, 5) is 38.2. The van der Waals surface area contributed by atoms with Crippen LogP contribution < -0.4 is 10.2 Å². The summed E-state index contributed by atoms with van der Waals surface area (Å²) in [5.41, 5.74) is 2.99. The molecular weight excluding hydrogens is 332 g/mol. The third-order valence-corrected chi connectivity index (χ3v) is 4.19. The SMILES string of the molecule is Cc1cccc(N2C(=O)NC(=O)C(=Cc3cc(C)c(O)c(C)c3)C2=O)c1. The predicted octanol–water partition coefficient (Wildman–Crippen LogP) is 2.98. The Morgan fingerprint density at radius 1 is 1.00 bits per heavy atom. The highest BCUT2D eigenvalue weighted by molar-refractivity contribution is 6.39. The van der Waals surface area contributed by atoms with Crippen molar-refractivity contribution in [3.05, 3.63) is 64.2 Å². The summed E-state index contributed by atoms with van der Waals surface area (Å²) in [6.07, 6.45) is 1.42. The topological polar surface area (TPSA) is 86.7 Å². The van der Waals surface area contributed by atoms with Gasteiger partial charge in [-0.25, -0.2) is 9.69 Å². The summed E-state index contributed by atoms with van der Waals surface area (Å²) in [6.45, 7) is 5.31. The number of barbiturate groups is 1. The number of anilines is 1. The lowest BCUT2D eigenvalue weighted by Crippen LogP contribution is -2.54. The Morgan fingerprint density at radius 3 is 2.27 bits per heavy atom. The van der Waals surface area contributed by atoms with Crippen LogP contribution >= 0.6 is 0 Å². The molecule has 132 valence electrons. The van der Waals surface area contributed by atoms with Crippen LogP contribution in [0.25, 0.3) is 6.08 Å². The Kier molecular flexibility index (Phi) is 4.34. The third-order valence-electron chi connectivity index (χ3n) is 4.19. The molecule has 2 aromatic rings. The summed E-state index contributed by atoms with van der Waals surface area (Å²) in [5.74, 6) is -1.26. The molecule has 0 bridgehead atoms. The summed E-state index contributed by atoms with van der Waals surface area (Å²) < 4.78 is 0. The first-order chi connectivity index (χ1) is 12.3. The number of rotatable bonds is 2. The highest BCUT2D eigenvalue weighted by Crippen LogP contribution is 2.26. The first-order valence-corrected chi connectivity index (χ1v) is 8.06. The van der Waals surface area contributed by atoms with Gasteiger partial charge in [-0.05, 0) is 73.4 Å². The number of nitrogens with zero attached hydrogens (tertiary/aromatic N) is 1. The van der Waals surface area contributed by atoms with Gasteiger partial charge in [0.25, 0.3) is 11.8 Å². The summed E-state index contributed by atoms with van der Waals surface area (Å²) >= 11 is 0. The summed E-state index contributed by atoms with van der Waals surface area (Å²) in [7, 11) is 0. The molecule has 0 aromatic heterocycles. The van der Waals surface area contributed by atoms with Crippen molar-refractivity contribution in [2.24, 2.45) is 0 Å². The average molecular weight is 350 g/mol. The van der Waals surface area contributed by atoms with Crippen LogP contribution in [0.15, 0.2) is 42.0 Å². The van der Waals surface area contributed by atoms with Gasteiger partial charge in [0.15, 0.2) is 0 Å². The van der Waals surface area contributed by atoms with E-state index in [-0.39, 0.29) is 11.3 Å². The summed E-state index contributed by atoms with van der Waals surface area (Å²) in [6, 6.07) is 9.47. The Labute approximate surface area is 150 Å². The molecule has 0 spiro atoms. The first kappa shape index (κ1) is 17.4. The van der Waals surface area contributed by atoms with Crippen LogP contribution in [0, 0.1) is 20.8 Å². The molecule has 26 heavy (non-hydrogen) atoms. The lowest BCUT2D eigenvalue weighted by Gasteiger charge is -2.26. The van der Waals surface area contributed by atoms with E-state index >= 15 is 0 Å². The van der Waals surface area contributed by atoms with Crippen molar-refractivity contribution in [1.29, 1.82) is 0 Å². The zero-order valence-corrected chi connectivity index (χ0v) is 14.7. The normalized spacial score (nSPS) is 16.2. The van der Waals surface area contributed by atoms with E-state index in [4.69, 9.17) is 0 Å². The van der Waals surface area contributed by atoms with Crippen molar-refractivity contribution < 1.29 is 19.5 Å². The largest absolute Gasteiger partial charge is 0.507 e. The quantitative estimate of drug-likeness (QED) is 0.644. The second-order valence-electron chi connectivity index (χ2n) is 6.30. The van der Waals surface area contributed by atoms with E-state index in [1.807, 2.05) is 13.0 Å². The van der Waals surface area contributed by atoms with Crippen molar-refractivity contribution in [3.8, 4) is 5.75 Å². The molecule has 1 fully saturated rings. The van der Waals surface area contributed by atoms with Gasteiger partial charge in [-0.15, -0.1) is 0 Å². The monoisotopic (exact) mass is 350 g/mol. The minimum Gasteiger partial charge on any atom is -0.507 e. The fraction of sp³-hybridized carbons (Fsp3) is 0.150. The second kappa shape index (κ2) is 6.48. The van der Waals surface area contributed by atoms with Gasteiger partial charge in [0.05, 0.1) is 5.69 Å². The molecule has 0 unspecified atom stereocenters. The second-order valence-corrected chi connectivity index (χ2v) is 6.30. The van der Waals surface area contributed by atoms with E-state index < -0.39 is 17.8 Å². The van der Waals surface area contributed by atoms with Crippen molar-refractivity contribution in [1.82, 2.24) is 5.32 Å². The van der Waals surface area contributed by atoms with E-state index in [1.54, 1.807) is 44.2 Å². The molecule has 6 heteroatoms. The zero-order valence-electron chi connectivity index (χ0n) is 14.7. The number of amides is 4. The molecule has 0 saturated carbocycles. The molecule has 1 heterocycles. The van der Waals surface area contributed by atoms with Crippen molar-refractivity contribution in [2.45, 2.75) is 20.8 Å². The number of hydrogen-bond donors (Lipinski definition) is 2. The molecule has 3 rings (SSSR count). The molecule has 0 radical (unpaired) electrons. The Balaban J connectivity index is 2.06. The van der Waals surface area contributed by atoms with Crippen molar-refractivity contribution in [2.75, 3.05) is 4.90 Å². The predicted molar refractivity (Wildman–Crippen MR) is 97.8 cm³/mol. The Hall–Kier alpha value is -3.41. The van der Waals surface area contributed by atoms with E-state index in [0.717, 1.165) is 10.5 Å². The molecule has 1 aliphatic heterocycles. The number of phenols is 1. The number of imide groups is 2. The maximum absolute atomic E-state index is 12.8. The molecule has 0 aliphatic carbocycles. The average Bonchev–Trinajstić information content (AvgIpc) is 2.56. The van der Waals surface area contributed by atoms with Crippen LogP contribution in [0.4, 0.5) is 10.5 Å². The van der Waals surface area contributed by atoms with Crippen molar-refractivity contribution >= 4 is 29.6 Å². The third kappa shape index (κ3) is 3.09. The van der Waals surface area contributed by atoms with Gasteiger partial charge in [-0.3, -0.25) is 14.9 Å². The van der Waals surface area contributed by atoms with Crippen LogP contribution in [0.1, 0.15) is 22.3 Å². The number of hydrogen-bond acceptors (Lipinski definition) is 4. The van der Waals surface area contributed by atoms with E-state index in [2.05, 4.69) is 5.32 Å². The Morgan fingerprint density at radius 2 is 1.65 bits per heavy atom. The number of benzene rings is 2. The number of nitrogens with one attached hydrogen (secondary N) is 1. The summed E-state index contributed by atoms with van der Waals surface area (Å²) in [5, 5.41) is 12.1. The minimum absolute atomic E-state index is 0.143. The molecular formula is C20H18N2O4. The van der Waals surface area contributed by atoms with Crippen molar-refractivity contribution in [3.63, 3.8) is 0 Å². The van der Waals surface area contributed by atoms with Gasteiger partial charge in [0.1, 0.15) is 11.3 Å². The van der Waals surface area contributed by atoms with Gasteiger partial charge in [-0.1, -0.05) is 12.1 Å². The fourth-order valence-corrected chi connectivity index (χ4v) is 2.90. The van der Waals surface area contributed by atoms with Gasteiger partial charge in [-0.2, -0.15) is 0 Å². The fourth-order valence-electron chi connectivity index (χ4n) is 2.90. The number of carbonyl (C=O) groups excluding carboxylic acids is 3. The van der Waals surface area contributed by atoms with Gasteiger partial charge in [0, 0.05) is 0 Å². The highest BCUT2D eigenvalue weighted by atomic mass is 16.3. The van der Waals surface area contributed by atoms with Gasteiger partial charge < -0.3 is 5.11 Å². The zero-order chi connectivity index (χ0) is 19.0. The number of phenolic OH excluding ortho intramolecular Hbond substituents is 1. The lowest BCUT2D eigenvalue weighted by atomic mass is 10.0. The number of aryl methyl sites for hydroxylation is 3. The molecule has 1 saturated heterocycles. The van der Waals surface area contributed by atoms with Crippen LogP contribution in [-0.4, -0.2) is 23.0 Å². The van der Waals surface area contributed by atoms with Crippen LogP contribution in [0.5, 0.6) is 5.75 Å². The van der Waals surface area contributed by atoms with E-state index in [0.29, 0.717) is 22.4 Å². The Bertz CT molecular complexity index is 953. The molecule has 0 atom stereocenters. The van der Waals surface area contributed by atoms with Gasteiger partial charge >= 0.3 is 6.03 Å². The van der Waals surface area contributed by atoms with Gasteiger partial charge in [0.2, 0.25) is 0 Å². The maximum atomic E-state index is 12.8. The standard InChI is InChI=1S/C20H18N2O4/c1-11-5-4-6-15(7-11)22-19(25)16(18(24)21-20(22)26)10-14-8-12(2)17(23)13(3)9-14/h4-10,23H,1-3H3,(H,21,24,26). The molecule has 1 aliphatic rings. The van der Waals surface area contributed by atoms with Crippen LogP contribution in [0.2, 0.25) is 0 Å². The first-order valence-electron chi connectivity index (χ1n) is 8.06. The number of aromatic hydroxyl groups is 1. The van der Waals surface area contributed by atoms with Crippen LogP contribution in [0.3, 0.4) is 0 Å². The lowest BCUT2D eigenvalue weighted by molar-refractivity contribution is -0.122. The minimum atomic E-state index is -0.777. The number of carbonyl (C=O) groups is 3. The molecule has 2 N–H and O–H groups in total. The van der Waals surface area contributed by atoms with Crippen LogP contribution in [-0.2, 0) is 9.59 Å². The molecule has 4 amide bonds. The smallest absolute Gasteiger partial charge is 0.335 e. The maximum Gasteiger partial charge on any atom is 0.335 e. The molecule has 2 aromatic carbocycles.